The molecule has 0 N–H and O–H groups in total. The maximum absolute atomic E-state index is 13.5. The molecule has 0 aliphatic carbocycles. The van der Waals surface area contributed by atoms with Crippen LogP contribution in [0.15, 0.2) is 59.7 Å². The molecule has 2 aliphatic rings. The molecule has 2 amide bonds. The zero-order valence-electron chi connectivity index (χ0n) is 18.2. The van der Waals surface area contributed by atoms with Gasteiger partial charge in [0.05, 0.1) is 19.4 Å². The Bertz CT molecular complexity index is 1190. The van der Waals surface area contributed by atoms with Crippen LogP contribution in [0.25, 0.3) is 10.9 Å². The van der Waals surface area contributed by atoms with Gasteiger partial charge in [0, 0.05) is 24.0 Å². The van der Waals surface area contributed by atoms with E-state index < -0.39 is 0 Å². The molecule has 5 rings (SSSR count). The Morgan fingerprint density at radius 2 is 1.78 bits per heavy atom. The lowest BCUT2D eigenvalue weighted by atomic mass is 10.1. The van der Waals surface area contributed by atoms with Crippen molar-refractivity contribution < 1.29 is 14.3 Å². The molecule has 0 radical (unpaired) electrons. The van der Waals surface area contributed by atoms with Crippen molar-refractivity contribution in [2.75, 3.05) is 26.7 Å². The van der Waals surface area contributed by atoms with Crippen LogP contribution in [0.5, 0.6) is 5.75 Å². The average Bonchev–Trinajstić information content (AvgIpc) is 3.15. The molecule has 1 fully saturated rings. The van der Waals surface area contributed by atoms with E-state index in [1.165, 1.54) is 5.01 Å². The number of hydrazone groups is 1. The van der Waals surface area contributed by atoms with Gasteiger partial charge in [-0.15, -0.1) is 0 Å². The van der Waals surface area contributed by atoms with Crippen molar-refractivity contribution in [3.05, 3.63) is 65.9 Å². The van der Waals surface area contributed by atoms with E-state index in [-0.39, 0.29) is 18.4 Å². The Kier molecular flexibility index (Phi) is 5.39. The molecule has 1 saturated heterocycles. The van der Waals surface area contributed by atoms with Crippen LogP contribution in [0.4, 0.5) is 0 Å². The lowest BCUT2D eigenvalue weighted by molar-refractivity contribution is -0.132. The Morgan fingerprint density at radius 1 is 1.03 bits per heavy atom. The number of benzene rings is 2. The number of carbonyl (C=O) groups excluding carboxylic acids is 2. The highest BCUT2D eigenvalue weighted by molar-refractivity contribution is 6.07. The van der Waals surface area contributed by atoms with Crippen LogP contribution >= 0.6 is 0 Å². The lowest BCUT2D eigenvalue weighted by Gasteiger charge is -2.28. The Labute approximate surface area is 186 Å². The van der Waals surface area contributed by atoms with E-state index in [0.717, 1.165) is 60.3 Å². The summed E-state index contributed by atoms with van der Waals surface area (Å²) in [4.78, 5) is 28.3. The number of likely N-dealkylation sites (tertiary alicyclic amines) is 1. The third-order valence-corrected chi connectivity index (χ3v) is 6.23. The minimum atomic E-state index is -0.255. The van der Waals surface area contributed by atoms with Crippen molar-refractivity contribution in [2.24, 2.45) is 5.10 Å². The van der Waals surface area contributed by atoms with Crippen molar-refractivity contribution in [2.45, 2.75) is 25.8 Å². The monoisotopic (exact) mass is 430 g/mol. The van der Waals surface area contributed by atoms with E-state index in [4.69, 9.17) is 9.84 Å². The topological polar surface area (TPSA) is 67.1 Å². The Morgan fingerprint density at radius 3 is 2.53 bits per heavy atom. The molecule has 2 aromatic carbocycles. The van der Waals surface area contributed by atoms with Crippen LogP contribution < -0.4 is 4.74 Å². The van der Waals surface area contributed by atoms with E-state index in [9.17, 15) is 9.59 Å². The number of methoxy groups -OCH3 is 1. The van der Waals surface area contributed by atoms with E-state index in [0.29, 0.717) is 12.2 Å². The number of para-hydroxylation sites is 1. The van der Waals surface area contributed by atoms with Gasteiger partial charge in [-0.25, -0.2) is 5.01 Å². The van der Waals surface area contributed by atoms with E-state index in [1.807, 2.05) is 64.1 Å². The number of rotatable bonds is 4. The van der Waals surface area contributed by atoms with Crippen molar-refractivity contribution >= 4 is 28.4 Å². The molecule has 32 heavy (non-hydrogen) atoms. The average molecular weight is 431 g/mol. The largest absolute Gasteiger partial charge is 0.497 e. The first-order valence-corrected chi connectivity index (χ1v) is 11.0. The highest BCUT2D eigenvalue weighted by atomic mass is 16.5. The zero-order chi connectivity index (χ0) is 22.1. The molecule has 0 unspecified atom stereocenters. The van der Waals surface area contributed by atoms with Crippen LogP contribution in [-0.2, 0) is 11.3 Å². The predicted molar refractivity (Wildman–Crippen MR) is 123 cm³/mol. The molecule has 0 bridgehead atoms. The van der Waals surface area contributed by atoms with Gasteiger partial charge in [0.1, 0.15) is 18.0 Å². The van der Waals surface area contributed by atoms with Crippen LogP contribution in [0.3, 0.4) is 0 Å². The summed E-state index contributed by atoms with van der Waals surface area (Å²) in [5.41, 5.74) is 3.14. The molecule has 164 valence electrons. The van der Waals surface area contributed by atoms with Gasteiger partial charge in [-0.3, -0.25) is 9.59 Å². The van der Waals surface area contributed by atoms with Crippen molar-refractivity contribution in [3.63, 3.8) is 0 Å². The molecule has 0 atom stereocenters. The number of nitrogens with zero attached hydrogens (tertiary/aromatic N) is 4. The lowest BCUT2D eigenvalue weighted by Crippen LogP contribution is -2.43. The summed E-state index contributed by atoms with van der Waals surface area (Å²) in [5.74, 6) is 0.443. The standard InChI is InChI=1S/C25H26N4O3/c1-32-20-11-9-18(10-12-20)21-16-28-22-8-4-3-7-19(22)15-23(28)25(31)29(26-21)17-24(30)27-13-5-2-6-14-27/h3-4,7-12,15H,2,5-6,13-14,16-17H2,1H3. The number of ether oxygens (including phenoxy) is 1. The highest BCUT2D eigenvalue weighted by Gasteiger charge is 2.29. The number of aromatic nitrogens is 1. The van der Waals surface area contributed by atoms with Crippen molar-refractivity contribution in [1.29, 1.82) is 0 Å². The van der Waals surface area contributed by atoms with Gasteiger partial charge >= 0.3 is 0 Å². The number of hydrogen-bond acceptors (Lipinski definition) is 4. The zero-order valence-corrected chi connectivity index (χ0v) is 18.2. The molecule has 0 saturated carbocycles. The molecule has 1 aromatic heterocycles. The number of piperidine rings is 1. The predicted octanol–water partition coefficient (Wildman–Crippen LogP) is 3.52. The Hall–Kier alpha value is -3.61. The summed E-state index contributed by atoms with van der Waals surface area (Å²) < 4.78 is 7.27. The van der Waals surface area contributed by atoms with Gasteiger partial charge in [-0.2, -0.15) is 5.10 Å². The van der Waals surface area contributed by atoms with E-state index in [2.05, 4.69) is 0 Å². The first kappa shape index (κ1) is 20.3. The maximum atomic E-state index is 13.5. The quantitative estimate of drug-likeness (QED) is 0.636. The fourth-order valence-corrected chi connectivity index (χ4v) is 4.47. The number of carbonyl (C=O) groups is 2. The molecule has 2 aliphatic heterocycles. The second kappa shape index (κ2) is 8.49. The third kappa shape index (κ3) is 3.75. The highest BCUT2D eigenvalue weighted by Crippen LogP contribution is 2.25. The van der Waals surface area contributed by atoms with Crippen molar-refractivity contribution in [1.82, 2.24) is 14.5 Å². The summed E-state index contributed by atoms with van der Waals surface area (Å²) in [6.45, 7) is 1.88. The normalized spacial score (nSPS) is 16.5. The SMILES string of the molecule is COc1ccc(C2=NN(CC(=O)N3CCCCC3)C(=O)c3cc4ccccc4n3C2)cc1. The summed E-state index contributed by atoms with van der Waals surface area (Å²) in [6, 6.07) is 17.4. The van der Waals surface area contributed by atoms with E-state index >= 15 is 0 Å². The first-order chi connectivity index (χ1) is 15.6. The van der Waals surface area contributed by atoms with E-state index in [1.54, 1.807) is 7.11 Å². The van der Waals surface area contributed by atoms with Gasteiger partial charge in [-0.1, -0.05) is 18.2 Å². The molecule has 0 spiro atoms. The first-order valence-electron chi connectivity index (χ1n) is 11.0. The Balaban J connectivity index is 1.55. The fraction of sp³-hybridized carbons (Fsp3) is 0.320. The fourth-order valence-electron chi connectivity index (χ4n) is 4.47. The summed E-state index contributed by atoms with van der Waals surface area (Å²) in [6.07, 6.45) is 3.16. The number of fused-ring (bicyclic) bond motifs is 3. The number of hydrogen-bond donors (Lipinski definition) is 0. The molecular formula is C25H26N4O3. The van der Waals surface area contributed by atoms with Gasteiger partial charge < -0.3 is 14.2 Å². The van der Waals surface area contributed by atoms with Crippen LogP contribution in [0, 0.1) is 0 Å². The second-order valence-corrected chi connectivity index (χ2v) is 8.25. The minimum absolute atomic E-state index is 0.0551. The summed E-state index contributed by atoms with van der Waals surface area (Å²) in [5, 5.41) is 7.04. The molecule has 3 heterocycles. The second-order valence-electron chi connectivity index (χ2n) is 8.25. The van der Waals surface area contributed by atoms with Gasteiger partial charge in [0.15, 0.2) is 0 Å². The smallest absolute Gasteiger partial charge is 0.291 e. The van der Waals surface area contributed by atoms with Crippen LogP contribution in [0.1, 0.15) is 35.3 Å². The molecule has 3 aromatic rings. The molecule has 7 heteroatoms. The third-order valence-electron chi connectivity index (χ3n) is 6.23. The van der Waals surface area contributed by atoms with Gasteiger partial charge in [0.2, 0.25) is 5.91 Å². The molecular weight excluding hydrogens is 404 g/mol. The number of amides is 2. The van der Waals surface area contributed by atoms with Gasteiger partial charge in [-0.05, 0) is 61.2 Å². The minimum Gasteiger partial charge on any atom is -0.497 e. The van der Waals surface area contributed by atoms with Crippen LogP contribution in [0.2, 0.25) is 0 Å². The summed E-state index contributed by atoms with van der Waals surface area (Å²) in [7, 11) is 1.63. The van der Waals surface area contributed by atoms with Gasteiger partial charge in [0.25, 0.3) is 5.91 Å². The maximum Gasteiger partial charge on any atom is 0.291 e. The molecule has 7 nitrogen and oxygen atoms in total. The summed E-state index contributed by atoms with van der Waals surface area (Å²) >= 11 is 0. The van der Waals surface area contributed by atoms with Crippen LogP contribution in [-0.4, -0.2) is 58.7 Å². The van der Waals surface area contributed by atoms with Crippen molar-refractivity contribution in [3.8, 4) is 5.75 Å².